The molecule has 24 heavy (non-hydrogen) atoms. The second-order valence-electron chi connectivity index (χ2n) is 6.14. The van der Waals surface area contributed by atoms with Gasteiger partial charge in [0.2, 0.25) is 0 Å². The molecule has 8 nitrogen and oxygen atoms in total. The van der Waals surface area contributed by atoms with Gasteiger partial charge in [-0.05, 0) is 13.8 Å². The number of carbonyl (C=O) groups excluding carboxylic acids is 1. The molecule has 1 N–H and O–H groups in total. The molecule has 0 spiro atoms. The van der Waals surface area contributed by atoms with Crippen molar-refractivity contribution in [3.05, 3.63) is 23.9 Å². The van der Waals surface area contributed by atoms with Crippen LogP contribution < -0.4 is 5.32 Å². The zero-order valence-corrected chi connectivity index (χ0v) is 14.3. The number of aromatic nitrogens is 3. The summed E-state index contributed by atoms with van der Waals surface area (Å²) in [5, 5.41) is 7.63. The lowest BCUT2D eigenvalue weighted by molar-refractivity contribution is 0.178. The van der Waals surface area contributed by atoms with Crippen molar-refractivity contribution in [1.82, 2.24) is 25.0 Å². The largest absolute Gasteiger partial charge is 0.451 e. The van der Waals surface area contributed by atoms with E-state index in [1.54, 1.807) is 13.4 Å². The average molecular weight is 333 g/mol. The molecule has 3 rings (SSSR count). The lowest BCUT2D eigenvalue weighted by atomic mass is 10.0. The summed E-state index contributed by atoms with van der Waals surface area (Å²) in [6.07, 6.45) is 3.73. The molecule has 3 heterocycles. The van der Waals surface area contributed by atoms with Crippen LogP contribution in [0.15, 0.2) is 17.1 Å². The Hall–Kier alpha value is -2.35. The highest BCUT2D eigenvalue weighted by molar-refractivity contribution is 5.75. The van der Waals surface area contributed by atoms with Gasteiger partial charge in [-0.1, -0.05) is 0 Å². The number of hydrogen-bond acceptors (Lipinski definition) is 5. The molecular weight excluding hydrogens is 310 g/mol. The SMILES string of the molecule is COCCn1nc(-c2cocn2)c2c1CCN(C(=O)NC(C)C)C2. The zero-order chi connectivity index (χ0) is 17.1. The van der Waals surface area contributed by atoms with E-state index in [4.69, 9.17) is 9.15 Å². The van der Waals surface area contributed by atoms with Gasteiger partial charge < -0.3 is 19.4 Å². The number of ether oxygens (including phenoxy) is 1. The summed E-state index contributed by atoms with van der Waals surface area (Å²) < 4.78 is 12.2. The second kappa shape index (κ2) is 7.04. The summed E-state index contributed by atoms with van der Waals surface area (Å²) >= 11 is 0. The van der Waals surface area contributed by atoms with Crippen molar-refractivity contribution in [2.75, 3.05) is 20.3 Å². The molecule has 1 aliphatic heterocycles. The number of hydrogen-bond donors (Lipinski definition) is 1. The Morgan fingerprint density at radius 1 is 1.50 bits per heavy atom. The van der Waals surface area contributed by atoms with Crippen LogP contribution in [-0.4, -0.2) is 52.0 Å². The predicted octanol–water partition coefficient (Wildman–Crippen LogP) is 1.66. The molecule has 0 fully saturated rings. The number of carbonyl (C=O) groups is 1. The van der Waals surface area contributed by atoms with Crippen LogP contribution in [-0.2, 0) is 24.2 Å². The molecule has 0 unspecified atom stereocenters. The summed E-state index contributed by atoms with van der Waals surface area (Å²) in [5.41, 5.74) is 3.63. The third-order valence-electron chi connectivity index (χ3n) is 4.02. The van der Waals surface area contributed by atoms with Gasteiger partial charge in [0.15, 0.2) is 6.39 Å². The van der Waals surface area contributed by atoms with Crippen molar-refractivity contribution in [2.24, 2.45) is 0 Å². The number of fused-ring (bicyclic) bond motifs is 1. The maximum absolute atomic E-state index is 12.3. The summed E-state index contributed by atoms with van der Waals surface area (Å²) in [5.74, 6) is 0. The first-order valence-electron chi connectivity index (χ1n) is 8.11. The highest BCUT2D eigenvalue weighted by Gasteiger charge is 2.28. The van der Waals surface area contributed by atoms with Crippen molar-refractivity contribution in [3.8, 4) is 11.4 Å². The van der Waals surface area contributed by atoms with Gasteiger partial charge in [-0.15, -0.1) is 0 Å². The monoisotopic (exact) mass is 333 g/mol. The van der Waals surface area contributed by atoms with Crippen LogP contribution in [0.4, 0.5) is 4.79 Å². The van der Waals surface area contributed by atoms with Crippen LogP contribution in [0.2, 0.25) is 0 Å². The molecule has 2 amide bonds. The quantitative estimate of drug-likeness (QED) is 0.899. The predicted molar refractivity (Wildman–Crippen MR) is 87.4 cm³/mol. The van der Waals surface area contributed by atoms with E-state index in [9.17, 15) is 4.79 Å². The van der Waals surface area contributed by atoms with E-state index in [0.29, 0.717) is 31.9 Å². The summed E-state index contributed by atoms with van der Waals surface area (Å²) in [6, 6.07) is 0.0599. The third-order valence-corrected chi connectivity index (χ3v) is 4.02. The fourth-order valence-electron chi connectivity index (χ4n) is 2.90. The lowest BCUT2D eigenvalue weighted by Gasteiger charge is -2.28. The van der Waals surface area contributed by atoms with Crippen LogP contribution in [0.5, 0.6) is 0 Å². The van der Waals surface area contributed by atoms with Gasteiger partial charge in [-0.2, -0.15) is 5.10 Å². The molecule has 1 aliphatic rings. The summed E-state index contributed by atoms with van der Waals surface area (Å²) in [4.78, 5) is 18.4. The van der Waals surface area contributed by atoms with Crippen LogP contribution in [0.25, 0.3) is 11.4 Å². The van der Waals surface area contributed by atoms with Crippen LogP contribution in [0.3, 0.4) is 0 Å². The summed E-state index contributed by atoms with van der Waals surface area (Å²) in [6.45, 7) is 6.36. The Balaban J connectivity index is 1.90. The van der Waals surface area contributed by atoms with E-state index in [-0.39, 0.29) is 12.1 Å². The first-order chi connectivity index (χ1) is 11.6. The molecule has 8 heteroatoms. The molecule has 0 atom stereocenters. The minimum Gasteiger partial charge on any atom is -0.451 e. The molecule has 0 saturated heterocycles. The number of urea groups is 1. The van der Waals surface area contributed by atoms with E-state index >= 15 is 0 Å². The van der Waals surface area contributed by atoms with Gasteiger partial charge in [-0.25, -0.2) is 9.78 Å². The first-order valence-corrected chi connectivity index (χ1v) is 8.11. The third kappa shape index (κ3) is 3.28. The fraction of sp³-hybridized carbons (Fsp3) is 0.562. The molecule has 0 aromatic carbocycles. The van der Waals surface area contributed by atoms with Gasteiger partial charge in [-0.3, -0.25) is 4.68 Å². The van der Waals surface area contributed by atoms with Crippen LogP contribution in [0.1, 0.15) is 25.1 Å². The summed E-state index contributed by atoms with van der Waals surface area (Å²) in [7, 11) is 1.67. The Bertz CT molecular complexity index is 693. The molecule has 2 aromatic heterocycles. The van der Waals surface area contributed by atoms with Crippen molar-refractivity contribution >= 4 is 6.03 Å². The van der Waals surface area contributed by atoms with Gasteiger partial charge in [0, 0.05) is 37.4 Å². The van der Waals surface area contributed by atoms with Crippen LogP contribution in [0, 0.1) is 0 Å². The minimum absolute atomic E-state index is 0.0496. The number of oxazole rings is 1. The number of methoxy groups -OCH3 is 1. The van der Waals surface area contributed by atoms with Crippen molar-refractivity contribution in [3.63, 3.8) is 0 Å². The topological polar surface area (TPSA) is 85.4 Å². The molecule has 130 valence electrons. The van der Waals surface area contributed by atoms with Crippen LogP contribution >= 0.6 is 0 Å². The fourth-order valence-corrected chi connectivity index (χ4v) is 2.90. The normalized spacial score (nSPS) is 14.1. The average Bonchev–Trinajstić information content (AvgIpc) is 3.19. The molecule has 0 saturated carbocycles. The highest BCUT2D eigenvalue weighted by atomic mass is 16.5. The number of rotatable bonds is 5. The Labute approximate surface area is 140 Å². The smallest absolute Gasteiger partial charge is 0.317 e. The van der Waals surface area contributed by atoms with E-state index in [2.05, 4.69) is 15.4 Å². The van der Waals surface area contributed by atoms with Gasteiger partial charge in [0.1, 0.15) is 17.7 Å². The second-order valence-corrected chi connectivity index (χ2v) is 6.14. The van der Waals surface area contributed by atoms with Gasteiger partial charge in [0.25, 0.3) is 0 Å². The molecule has 0 aliphatic carbocycles. The van der Waals surface area contributed by atoms with Crippen molar-refractivity contribution < 1.29 is 13.9 Å². The Kier molecular flexibility index (Phi) is 4.84. The Morgan fingerprint density at radius 3 is 3.00 bits per heavy atom. The van der Waals surface area contributed by atoms with E-state index in [1.807, 2.05) is 23.4 Å². The Morgan fingerprint density at radius 2 is 2.33 bits per heavy atom. The van der Waals surface area contributed by atoms with Crippen molar-refractivity contribution in [1.29, 1.82) is 0 Å². The van der Waals surface area contributed by atoms with Crippen molar-refractivity contribution in [2.45, 2.75) is 39.4 Å². The molecule has 0 radical (unpaired) electrons. The maximum atomic E-state index is 12.3. The van der Waals surface area contributed by atoms with E-state index in [0.717, 1.165) is 23.4 Å². The maximum Gasteiger partial charge on any atom is 0.317 e. The minimum atomic E-state index is -0.0496. The molecule has 0 bridgehead atoms. The van der Waals surface area contributed by atoms with E-state index in [1.165, 1.54) is 6.39 Å². The van der Waals surface area contributed by atoms with E-state index < -0.39 is 0 Å². The van der Waals surface area contributed by atoms with Gasteiger partial charge >= 0.3 is 6.03 Å². The highest BCUT2D eigenvalue weighted by Crippen LogP contribution is 2.29. The number of nitrogens with one attached hydrogen (secondary N) is 1. The van der Waals surface area contributed by atoms with Gasteiger partial charge in [0.05, 0.1) is 19.7 Å². The number of nitrogens with zero attached hydrogens (tertiary/aromatic N) is 4. The molecule has 2 aromatic rings. The first kappa shape index (κ1) is 16.5. The standard InChI is InChI=1S/C16H23N5O3/c1-11(2)18-16(22)20-5-4-14-12(8-20)15(13-9-24-10-17-13)19-21(14)6-7-23-3/h9-11H,4-8H2,1-3H3,(H,18,22). The molecular formula is C16H23N5O3. The zero-order valence-electron chi connectivity index (χ0n) is 14.3. The lowest BCUT2D eigenvalue weighted by Crippen LogP contribution is -2.45. The number of amides is 2.